The third-order valence-corrected chi connectivity index (χ3v) is 2.60. The largest absolute Gasteiger partial charge is 0.463 e. The van der Waals surface area contributed by atoms with Crippen LogP contribution in [0.15, 0.2) is 35.2 Å². The maximum absolute atomic E-state index is 11.3. The molecule has 0 spiro atoms. The van der Waals surface area contributed by atoms with Gasteiger partial charge in [-0.25, -0.2) is 9.68 Å². The molecule has 0 amide bonds. The fraction of sp³-hybridized carbons (Fsp3) is 0.300. The highest BCUT2D eigenvalue weighted by Gasteiger charge is 2.21. The van der Waals surface area contributed by atoms with Gasteiger partial charge in [-0.05, 0) is 19.1 Å². The number of carbonyl (C=O) groups excluding carboxylic acids is 1. The highest BCUT2D eigenvalue weighted by molar-refractivity contribution is 8.00. The van der Waals surface area contributed by atoms with E-state index in [2.05, 4.69) is 4.89 Å². The minimum atomic E-state index is -1.03. The van der Waals surface area contributed by atoms with E-state index in [1.165, 1.54) is 0 Å². The predicted molar refractivity (Wildman–Crippen MR) is 56.4 cm³/mol. The van der Waals surface area contributed by atoms with Crippen LogP contribution in [0, 0.1) is 0 Å². The topological polar surface area (TPSA) is 55.8 Å². The Balaban J connectivity index is 2.58. The average molecular weight is 228 g/mol. The molecule has 1 atom stereocenters. The first kappa shape index (κ1) is 12.0. The zero-order valence-electron chi connectivity index (χ0n) is 8.25. The number of carbonyl (C=O) groups is 1. The Morgan fingerprint density at radius 1 is 1.47 bits per heavy atom. The van der Waals surface area contributed by atoms with Gasteiger partial charge in [0.1, 0.15) is 0 Å². The molecule has 15 heavy (non-hydrogen) atoms. The third kappa shape index (κ3) is 3.91. The Morgan fingerprint density at radius 3 is 2.67 bits per heavy atom. The second-order valence-electron chi connectivity index (χ2n) is 2.62. The molecule has 0 aliphatic heterocycles. The van der Waals surface area contributed by atoms with Crippen molar-refractivity contribution in [2.75, 3.05) is 6.61 Å². The Kier molecular flexibility index (Phi) is 5.17. The van der Waals surface area contributed by atoms with Gasteiger partial charge in [-0.15, -0.1) is 0 Å². The molecule has 1 aromatic rings. The molecule has 0 saturated carbocycles. The number of ether oxygens (including phenoxy) is 1. The lowest BCUT2D eigenvalue weighted by Crippen LogP contribution is -2.22. The molecule has 4 nitrogen and oxygen atoms in total. The molecule has 0 bridgehead atoms. The van der Waals surface area contributed by atoms with Crippen molar-refractivity contribution in [3.8, 4) is 0 Å². The van der Waals surface area contributed by atoms with Crippen LogP contribution in [-0.2, 0) is 14.4 Å². The molecule has 1 rings (SSSR count). The van der Waals surface area contributed by atoms with Crippen LogP contribution in [0.1, 0.15) is 6.92 Å². The summed E-state index contributed by atoms with van der Waals surface area (Å²) in [6, 6.07) is 9.17. The van der Waals surface area contributed by atoms with Crippen LogP contribution < -0.4 is 0 Å². The Morgan fingerprint density at radius 2 is 2.13 bits per heavy atom. The van der Waals surface area contributed by atoms with Gasteiger partial charge < -0.3 is 4.74 Å². The quantitative estimate of drug-likeness (QED) is 0.275. The van der Waals surface area contributed by atoms with E-state index >= 15 is 0 Å². The molecule has 0 radical (unpaired) electrons. The number of thioether (sulfide) groups is 1. The molecule has 0 aliphatic rings. The summed E-state index contributed by atoms with van der Waals surface area (Å²) in [7, 11) is 0. The fourth-order valence-corrected chi connectivity index (χ4v) is 1.71. The van der Waals surface area contributed by atoms with Crippen molar-refractivity contribution in [2.45, 2.75) is 17.3 Å². The minimum Gasteiger partial charge on any atom is -0.463 e. The van der Waals surface area contributed by atoms with E-state index < -0.39 is 11.4 Å². The summed E-state index contributed by atoms with van der Waals surface area (Å²) >= 11 is 1.09. The summed E-state index contributed by atoms with van der Waals surface area (Å²) in [5.74, 6) is -0.589. The van der Waals surface area contributed by atoms with E-state index in [0.717, 1.165) is 16.7 Å². The van der Waals surface area contributed by atoms with Gasteiger partial charge in [0.05, 0.1) is 6.61 Å². The highest BCUT2D eigenvalue weighted by atomic mass is 32.2. The lowest BCUT2D eigenvalue weighted by molar-refractivity contribution is -0.255. The zero-order chi connectivity index (χ0) is 11.1. The smallest absolute Gasteiger partial charge is 0.349 e. The number of hydrogen-bond donors (Lipinski definition) is 1. The van der Waals surface area contributed by atoms with E-state index in [4.69, 9.17) is 9.99 Å². The molecule has 0 fully saturated rings. The van der Waals surface area contributed by atoms with Gasteiger partial charge in [-0.1, -0.05) is 30.0 Å². The normalized spacial score (nSPS) is 12.1. The SMILES string of the molecule is CCOC(=O)C(OO)Sc1ccccc1. The van der Waals surface area contributed by atoms with E-state index in [-0.39, 0.29) is 6.61 Å². The second kappa shape index (κ2) is 6.44. The summed E-state index contributed by atoms with van der Waals surface area (Å²) in [6.45, 7) is 1.95. The van der Waals surface area contributed by atoms with E-state index in [0.29, 0.717) is 0 Å². The number of hydrogen-bond acceptors (Lipinski definition) is 5. The average Bonchev–Trinajstić information content (AvgIpc) is 2.27. The van der Waals surface area contributed by atoms with E-state index in [9.17, 15) is 4.79 Å². The van der Waals surface area contributed by atoms with Crippen LogP contribution in [-0.4, -0.2) is 23.3 Å². The number of rotatable bonds is 5. The monoisotopic (exact) mass is 228 g/mol. The molecule has 0 aromatic heterocycles. The van der Waals surface area contributed by atoms with Gasteiger partial charge in [0.25, 0.3) is 0 Å². The van der Waals surface area contributed by atoms with Crippen LogP contribution in [0.3, 0.4) is 0 Å². The van der Waals surface area contributed by atoms with Crippen LogP contribution in [0.5, 0.6) is 0 Å². The summed E-state index contributed by atoms with van der Waals surface area (Å²) in [6.07, 6.45) is 0. The first-order chi connectivity index (χ1) is 7.27. The van der Waals surface area contributed by atoms with Gasteiger partial charge in [0, 0.05) is 4.90 Å². The summed E-state index contributed by atoms with van der Waals surface area (Å²) in [4.78, 5) is 16.1. The van der Waals surface area contributed by atoms with Gasteiger partial charge >= 0.3 is 5.97 Å². The summed E-state index contributed by atoms with van der Waals surface area (Å²) in [5.41, 5.74) is -1.03. The molecule has 1 aromatic carbocycles. The highest BCUT2D eigenvalue weighted by Crippen LogP contribution is 2.23. The van der Waals surface area contributed by atoms with Gasteiger partial charge in [0.15, 0.2) is 0 Å². The minimum absolute atomic E-state index is 0.258. The van der Waals surface area contributed by atoms with Crippen molar-refractivity contribution in [1.29, 1.82) is 0 Å². The predicted octanol–water partition coefficient (Wildman–Crippen LogP) is 2.16. The lowest BCUT2D eigenvalue weighted by Gasteiger charge is -2.11. The zero-order valence-corrected chi connectivity index (χ0v) is 9.07. The summed E-state index contributed by atoms with van der Waals surface area (Å²) in [5, 5.41) is 8.56. The molecule has 82 valence electrons. The molecule has 1 unspecified atom stereocenters. The standard InChI is InChI=1S/C10H12O4S/c1-2-13-9(11)10(14-12)15-8-6-4-3-5-7-8/h3-7,10,12H,2H2,1H3. The fourth-order valence-electron chi connectivity index (χ4n) is 0.946. The van der Waals surface area contributed by atoms with Crippen LogP contribution in [0.2, 0.25) is 0 Å². The molecular formula is C10H12O4S. The van der Waals surface area contributed by atoms with Crippen molar-refractivity contribution in [2.24, 2.45) is 0 Å². The van der Waals surface area contributed by atoms with Crippen molar-refractivity contribution in [3.63, 3.8) is 0 Å². The van der Waals surface area contributed by atoms with Gasteiger partial charge in [0.2, 0.25) is 5.44 Å². The van der Waals surface area contributed by atoms with Crippen LogP contribution in [0.4, 0.5) is 0 Å². The number of esters is 1. The van der Waals surface area contributed by atoms with Crippen molar-refractivity contribution in [3.05, 3.63) is 30.3 Å². The van der Waals surface area contributed by atoms with Crippen LogP contribution >= 0.6 is 11.8 Å². The maximum atomic E-state index is 11.3. The Bertz CT molecular complexity index is 302. The molecule has 0 heterocycles. The lowest BCUT2D eigenvalue weighted by atomic mass is 10.4. The maximum Gasteiger partial charge on any atom is 0.349 e. The number of benzene rings is 1. The Hall–Kier alpha value is -1.04. The Labute approximate surface area is 92.1 Å². The summed E-state index contributed by atoms with van der Waals surface area (Å²) < 4.78 is 4.72. The molecule has 0 saturated heterocycles. The second-order valence-corrected chi connectivity index (χ2v) is 3.76. The van der Waals surface area contributed by atoms with E-state index in [1.807, 2.05) is 30.3 Å². The van der Waals surface area contributed by atoms with Crippen LogP contribution in [0.25, 0.3) is 0 Å². The molecule has 1 N–H and O–H groups in total. The first-order valence-electron chi connectivity index (χ1n) is 4.46. The first-order valence-corrected chi connectivity index (χ1v) is 5.34. The molecular weight excluding hydrogens is 216 g/mol. The molecule has 0 aliphatic carbocycles. The third-order valence-electron chi connectivity index (χ3n) is 1.56. The van der Waals surface area contributed by atoms with Gasteiger partial charge in [-0.2, -0.15) is 0 Å². The van der Waals surface area contributed by atoms with Gasteiger partial charge in [-0.3, -0.25) is 5.26 Å². The van der Waals surface area contributed by atoms with Crippen molar-refractivity contribution < 1.29 is 19.7 Å². The van der Waals surface area contributed by atoms with E-state index in [1.54, 1.807) is 6.92 Å². The molecule has 5 heteroatoms. The van der Waals surface area contributed by atoms with Crippen molar-refractivity contribution >= 4 is 17.7 Å². The van der Waals surface area contributed by atoms with Crippen molar-refractivity contribution in [1.82, 2.24) is 0 Å².